The van der Waals surface area contributed by atoms with Crippen molar-refractivity contribution in [1.29, 1.82) is 0 Å². The maximum absolute atomic E-state index is 14.2. The van der Waals surface area contributed by atoms with E-state index in [1.54, 1.807) is 6.92 Å². The van der Waals surface area contributed by atoms with Crippen LogP contribution in [0.3, 0.4) is 0 Å². The molecule has 0 radical (unpaired) electrons. The second kappa shape index (κ2) is 8.00. The molecular weight excluding hydrogens is 509 g/mol. The van der Waals surface area contributed by atoms with Crippen molar-refractivity contribution in [3.8, 4) is 6.01 Å². The van der Waals surface area contributed by atoms with Crippen LogP contribution in [0, 0.1) is 0 Å². The first-order valence-corrected chi connectivity index (χ1v) is 12.5. The third-order valence-corrected chi connectivity index (χ3v) is 7.97. The van der Waals surface area contributed by atoms with Gasteiger partial charge in [-0.15, -0.1) is 0 Å². The number of aromatic amines is 1. The van der Waals surface area contributed by atoms with Crippen molar-refractivity contribution in [2.75, 3.05) is 50.9 Å². The number of alkyl halides is 1. The molecule has 0 bridgehead atoms. The number of H-pyrrole nitrogens is 1. The molecule has 3 atom stereocenters. The van der Waals surface area contributed by atoms with Crippen LogP contribution in [0.5, 0.6) is 6.01 Å². The van der Waals surface area contributed by atoms with Gasteiger partial charge in [0.2, 0.25) is 0 Å². The Labute approximate surface area is 204 Å². The van der Waals surface area contributed by atoms with Crippen molar-refractivity contribution in [1.82, 2.24) is 29.6 Å². The van der Waals surface area contributed by atoms with Gasteiger partial charge in [-0.05, 0) is 42.2 Å². The molecule has 3 aliphatic heterocycles. The van der Waals surface area contributed by atoms with E-state index in [1.165, 1.54) is 0 Å². The SMILES string of the molecule is Cn1c2nc(OC[C@@]34CCCN3C[C@H](F)C4)nc(N3CCOC[C@@](C)(O)C3)c2c2n[nH]c(Br)c21. The maximum atomic E-state index is 14.2. The van der Waals surface area contributed by atoms with Crippen LogP contribution in [0.2, 0.25) is 0 Å². The van der Waals surface area contributed by atoms with Crippen molar-refractivity contribution in [2.45, 2.75) is 43.5 Å². The summed E-state index contributed by atoms with van der Waals surface area (Å²) < 4.78 is 28.8. The Hall–Kier alpha value is -2.02. The van der Waals surface area contributed by atoms with E-state index >= 15 is 0 Å². The van der Waals surface area contributed by atoms with Gasteiger partial charge < -0.3 is 24.0 Å². The van der Waals surface area contributed by atoms with Gasteiger partial charge in [-0.25, -0.2) is 4.39 Å². The van der Waals surface area contributed by atoms with Crippen LogP contribution in [0.4, 0.5) is 10.2 Å². The van der Waals surface area contributed by atoms with Crippen LogP contribution in [0.25, 0.3) is 22.1 Å². The second-order valence-corrected chi connectivity index (χ2v) is 11.0. The summed E-state index contributed by atoms with van der Waals surface area (Å²) in [6.07, 6.45) is 1.63. The van der Waals surface area contributed by atoms with Crippen LogP contribution >= 0.6 is 15.9 Å². The highest BCUT2D eigenvalue weighted by Crippen LogP contribution is 2.41. The molecule has 6 heterocycles. The molecular formula is C22H29BrFN7O3. The number of hydrogen-bond acceptors (Lipinski definition) is 8. The maximum Gasteiger partial charge on any atom is 0.320 e. The summed E-state index contributed by atoms with van der Waals surface area (Å²) in [6, 6.07) is 0.249. The van der Waals surface area contributed by atoms with Crippen LogP contribution in [-0.4, -0.2) is 98.1 Å². The van der Waals surface area contributed by atoms with Gasteiger partial charge in [-0.1, -0.05) is 0 Å². The summed E-state index contributed by atoms with van der Waals surface area (Å²) in [5.74, 6) is 0.644. The number of rotatable bonds is 4. The molecule has 12 heteroatoms. The molecule has 184 valence electrons. The van der Waals surface area contributed by atoms with Crippen LogP contribution < -0.4 is 9.64 Å². The fraction of sp³-hybridized carbons (Fsp3) is 0.682. The number of ether oxygens (including phenoxy) is 2. The van der Waals surface area contributed by atoms with Crippen LogP contribution in [-0.2, 0) is 11.8 Å². The van der Waals surface area contributed by atoms with Gasteiger partial charge in [0.1, 0.15) is 39.8 Å². The van der Waals surface area contributed by atoms with Crippen LogP contribution in [0.1, 0.15) is 26.2 Å². The van der Waals surface area contributed by atoms with Gasteiger partial charge in [-0.2, -0.15) is 15.1 Å². The predicted molar refractivity (Wildman–Crippen MR) is 128 cm³/mol. The summed E-state index contributed by atoms with van der Waals surface area (Å²) in [4.78, 5) is 13.8. The number of fused-ring (bicyclic) bond motifs is 4. The topological polar surface area (TPSA) is 105 Å². The third-order valence-electron chi connectivity index (χ3n) is 7.42. The Morgan fingerprint density at radius 1 is 1.35 bits per heavy atom. The standard InChI is InChI=1S/C22H29BrFN7O3/c1-21(32)10-30(6-7-33-11-21)19-14-15-16(17(23)28-27-15)29(2)18(14)25-20(26-19)34-12-22-4-3-5-31(22)9-13(24)8-22/h13,32H,3-12H2,1-2H3,(H,27,28)/t13-,21+,22+/m1/s1. The fourth-order valence-corrected chi connectivity index (χ4v) is 6.44. The highest BCUT2D eigenvalue weighted by atomic mass is 79.9. The Morgan fingerprint density at radius 2 is 2.21 bits per heavy atom. The molecule has 10 nitrogen and oxygen atoms in total. The Bertz CT molecular complexity index is 1250. The van der Waals surface area contributed by atoms with Crippen molar-refractivity contribution in [3.05, 3.63) is 4.60 Å². The summed E-state index contributed by atoms with van der Waals surface area (Å²) in [7, 11) is 1.93. The average Bonchev–Trinajstić information content (AvgIpc) is 3.47. The largest absolute Gasteiger partial charge is 0.461 e. The molecule has 3 fully saturated rings. The lowest BCUT2D eigenvalue weighted by molar-refractivity contribution is -0.0123. The number of halogens is 2. The summed E-state index contributed by atoms with van der Waals surface area (Å²) in [5.41, 5.74) is 0.986. The van der Waals surface area contributed by atoms with E-state index in [-0.39, 0.29) is 18.2 Å². The smallest absolute Gasteiger partial charge is 0.320 e. The molecule has 0 aromatic carbocycles. The van der Waals surface area contributed by atoms with Gasteiger partial charge in [0.05, 0.1) is 30.7 Å². The normalized spacial score (nSPS) is 30.4. The minimum atomic E-state index is -1.03. The Kier molecular flexibility index (Phi) is 5.28. The van der Waals surface area contributed by atoms with Gasteiger partial charge >= 0.3 is 6.01 Å². The van der Waals surface area contributed by atoms with Crippen molar-refractivity contribution in [2.24, 2.45) is 7.05 Å². The van der Waals surface area contributed by atoms with E-state index in [2.05, 4.69) is 31.0 Å². The molecule has 3 aromatic heterocycles. The Balaban J connectivity index is 1.43. The highest BCUT2D eigenvalue weighted by Gasteiger charge is 2.49. The highest BCUT2D eigenvalue weighted by molar-refractivity contribution is 9.10. The zero-order valence-corrected chi connectivity index (χ0v) is 20.9. The number of nitrogens with zero attached hydrogens (tertiary/aromatic N) is 6. The van der Waals surface area contributed by atoms with Gasteiger partial charge in [0.25, 0.3) is 0 Å². The van der Waals surface area contributed by atoms with Crippen molar-refractivity contribution in [3.63, 3.8) is 0 Å². The summed E-state index contributed by atoms with van der Waals surface area (Å²) in [6.45, 7) is 5.11. The lowest BCUT2D eigenvalue weighted by Crippen LogP contribution is -2.44. The molecule has 6 rings (SSSR count). The number of aliphatic hydroxyl groups is 1. The summed E-state index contributed by atoms with van der Waals surface area (Å²) in [5, 5.41) is 19.1. The third kappa shape index (κ3) is 3.57. The van der Waals surface area contributed by atoms with Crippen molar-refractivity contribution >= 4 is 43.8 Å². The molecule has 0 amide bonds. The first-order chi connectivity index (χ1) is 16.3. The van der Waals surface area contributed by atoms with E-state index < -0.39 is 11.8 Å². The number of aryl methyl sites for hydroxylation is 1. The van der Waals surface area contributed by atoms with E-state index in [0.717, 1.165) is 40.4 Å². The van der Waals surface area contributed by atoms with Gasteiger partial charge in [-0.3, -0.25) is 10.00 Å². The minimum absolute atomic E-state index is 0.249. The molecule has 3 aliphatic rings. The van der Waals surface area contributed by atoms with Gasteiger partial charge in [0.15, 0.2) is 5.65 Å². The lowest BCUT2D eigenvalue weighted by Gasteiger charge is -2.31. The number of hydrogen-bond donors (Lipinski definition) is 2. The minimum Gasteiger partial charge on any atom is -0.461 e. The molecule has 0 aliphatic carbocycles. The monoisotopic (exact) mass is 537 g/mol. The van der Waals surface area contributed by atoms with Crippen LogP contribution in [0.15, 0.2) is 4.60 Å². The quantitative estimate of drug-likeness (QED) is 0.521. The van der Waals surface area contributed by atoms with E-state index in [4.69, 9.17) is 19.4 Å². The lowest BCUT2D eigenvalue weighted by atomic mass is 9.95. The molecule has 0 unspecified atom stereocenters. The zero-order valence-electron chi connectivity index (χ0n) is 19.4. The Morgan fingerprint density at radius 3 is 3.06 bits per heavy atom. The van der Waals surface area contributed by atoms with E-state index in [0.29, 0.717) is 50.7 Å². The van der Waals surface area contributed by atoms with Gasteiger partial charge in [0, 0.05) is 26.6 Å². The molecule has 3 saturated heterocycles. The summed E-state index contributed by atoms with van der Waals surface area (Å²) >= 11 is 3.54. The second-order valence-electron chi connectivity index (χ2n) is 10.2. The number of nitrogens with one attached hydrogen (secondary N) is 1. The van der Waals surface area contributed by atoms with E-state index in [9.17, 15) is 9.50 Å². The number of anilines is 1. The fourth-order valence-electron chi connectivity index (χ4n) is 5.90. The molecule has 3 aromatic rings. The van der Waals surface area contributed by atoms with E-state index in [1.807, 2.05) is 16.5 Å². The molecule has 0 spiro atoms. The predicted octanol–water partition coefficient (Wildman–Crippen LogP) is 2.15. The molecule has 2 N–H and O–H groups in total. The molecule has 34 heavy (non-hydrogen) atoms. The van der Waals surface area contributed by atoms with Crippen molar-refractivity contribution < 1.29 is 19.0 Å². The first kappa shape index (κ1) is 22.4. The number of β-amino-alcohol motifs (C(OH)–C–C–N with tert-alkyl or cyclic N) is 1. The molecule has 0 saturated carbocycles. The average molecular weight is 538 g/mol. The first-order valence-electron chi connectivity index (χ1n) is 11.7. The number of aromatic nitrogens is 5. The zero-order chi connectivity index (χ0) is 23.7.